The molecular formula is C11H12N2O3. The molecule has 1 aliphatic heterocycles. The van der Waals surface area contributed by atoms with Gasteiger partial charge in [0.2, 0.25) is 0 Å². The average Bonchev–Trinajstić information content (AvgIpc) is 3.09. The van der Waals surface area contributed by atoms with E-state index in [1.165, 1.54) is 6.33 Å². The second-order valence-corrected chi connectivity index (χ2v) is 4.34. The van der Waals surface area contributed by atoms with E-state index >= 15 is 0 Å². The van der Waals surface area contributed by atoms with Gasteiger partial charge in [-0.15, -0.1) is 0 Å². The minimum Gasteiger partial charge on any atom is -0.481 e. The van der Waals surface area contributed by atoms with Crippen LogP contribution >= 0.6 is 0 Å². The first-order valence-corrected chi connectivity index (χ1v) is 5.38. The maximum absolute atomic E-state index is 11.3. The van der Waals surface area contributed by atoms with Crippen LogP contribution in [0.3, 0.4) is 0 Å². The average molecular weight is 220 g/mol. The molecule has 0 bridgehead atoms. The number of ether oxygens (including phenoxy) is 1. The van der Waals surface area contributed by atoms with Crippen LogP contribution in [0.15, 0.2) is 6.33 Å². The van der Waals surface area contributed by atoms with Gasteiger partial charge in [0.15, 0.2) is 0 Å². The molecule has 1 N–H and O–H groups in total. The summed E-state index contributed by atoms with van der Waals surface area (Å²) in [4.78, 5) is 19.6. The minimum atomic E-state index is -0.779. The van der Waals surface area contributed by atoms with Gasteiger partial charge in [-0.3, -0.25) is 4.79 Å². The van der Waals surface area contributed by atoms with Crippen molar-refractivity contribution in [3.63, 3.8) is 0 Å². The number of rotatable bonds is 2. The molecule has 3 rings (SSSR count). The Hall–Kier alpha value is -1.49. The molecule has 0 radical (unpaired) electrons. The number of hydrogen-bond donors (Lipinski definition) is 1. The molecule has 1 aromatic heterocycles. The molecular weight excluding hydrogens is 208 g/mol. The fraction of sp³-hybridized carbons (Fsp3) is 0.545. The predicted octanol–water partition coefficient (Wildman–Crippen LogP) is 0.665. The lowest BCUT2D eigenvalue weighted by molar-refractivity contribution is -0.140. The normalized spacial score (nSPS) is 21.2. The van der Waals surface area contributed by atoms with Crippen LogP contribution in [0, 0.1) is 0 Å². The molecule has 5 nitrogen and oxygen atoms in total. The second kappa shape index (κ2) is 3.25. The highest BCUT2D eigenvalue weighted by Crippen LogP contribution is 2.49. The van der Waals surface area contributed by atoms with Gasteiger partial charge in [0, 0.05) is 12.0 Å². The summed E-state index contributed by atoms with van der Waals surface area (Å²) in [5.74, 6) is -0.779. The van der Waals surface area contributed by atoms with Crippen molar-refractivity contribution < 1.29 is 14.6 Å². The van der Waals surface area contributed by atoms with Gasteiger partial charge >= 0.3 is 5.97 Å². The highest BCUT2D eigenvalue weighted by Gasteiger charge is 2.54. The summed E-state index contributed by atoms with van der Waals surface area (Å²) in [6.45, 7) is 1.10. The molecule has 0 atom stereocenters. The molecule has 0 unspecified atom stereocenters. The number of aliphatic carboxylic acids is 1. The number of hydrogen-bond acceptors (Lipinski definition) is 4. The van der Waals surface area contributed by atoms with Crippen LogP contribution in [0.4, 0.5) is 0 Å². The molecule has 0 spiro atoms. The third-order valence-electron chi connectivity index (χ3n) is 3.38. The quantitative estimate of drug-likeness (QED) is 0.792. The van der Waals surface area contributed by atoms with Gasteiger partial charge in [-0.05, 0) is 12.8 Å². The van der Waals surface area contributed by atoms with Crippen molar-refractivity contribution in [1.29, 1.82) is 0 Å². The van der Waals surface area contributed by atoms with E-state index in [9.17, 15) is 9.90 Å². The van der Waals surface area contributed by atoms with Gasteiger partial charge in [0.1, 0.15) is 11.7 Å². The van der Waals surface area contributed by atoms with E-state index in [2.05, 4.69) is 9.97 Å². The van der Waals surface area contributed by atoms with Crippen LogP contribution in [-0.4, -0.2) is 27.7 Å². The summed E-state index contributed by atoms with van der Waals surface area (Å²) in [5.41, 5.74) is 1.76. The van der Waals surface area contributed by atoms with Crippen LogP contribution in [0.2, 0.25) is 0 Å². The zero-order chi connectivity index (χ0) is 11.2. The van der Waals surface area contributed by atoms with Gasteiger partial charge < -0.3 is 9.84 Å². The van der Waals surface area contributed by atoms with Crippen molar-refractivity contribution >= 4 is 5.97 Å². The molecule has 1 aliphatic carbocycles. The lowest BCUT2D eigenvalue weighted by atomic mass is 9.95. The van der Waals surface area contributed by atoms with E-state index in [4.69, 9.17) is 4.74 Å². The summed E-state index contributed by atoms with van der Waals surface area (Å²) in [6, 6.07) is 0. The van der Waals surface area contributed by atoms with E-state index in [0.29, 0.717) is 31.7 Å². The molecule has 16 heavy (non-hydrogen) atoms. The zero-order valence-corrected chi connectivity index (χ0v) is 8.77. The van der Waals surface area contributed by atoms with Gasteiger partial charge in [-0.25, -0.2) is 9.97 Å². The van der Waals surface area contributed by atoms with Crippen LogP contribution in [-0.2, 0) is 28.0 Å². The summed E-state index contributed by atoms with van der Waals surface area (Å²) >= 11 is 0. The largest absolute Gasteiger partial charge is 0.481 e. The van der Waals surface area contributed by atoms with E-state index in [0.717, 1.165) is 17.7 Å². The maximum Gasteiger partial charge on any atom is 0.315 e. The Morgan fingerprint density at radius 1 is 1.44 bits per heavy atom. The highest BCUT2D eigenvalue weighted by molar-refractivity contribution is 5.84. The Bertz CT molecular complexity index is 455. The van der Waals surface area contributed by atoms with Gasteiger partial charge in [0.05, 0.1) is 24.6 Å². The Morgan fingerprint density at radius 3 is 2.94 bits per heavy atom. The number of carboxylic acid groups (broad SMARTS) is 1. The fourth-order valence-corrected chi connectivity index (χ4v) is 2.25. The van der Waals surface area contributed by atoms with Crippen molar-refractivity contribution in [3.8, 4) is 0 Å². The van der Waals surface area contributed by atoms with Gasteiger partial charge in [-0.1, -0.05) is 0 Å². The first-order valence-electron chi connectivity index (χ1n) is 5.38. The second-order valence-electron chi connectivity index (χ2n) is 4.34. The SMILES string of the molecule is O=C(O)C1(c2ncnc3c2COCC3)CC1. The van der Waals surface area contributed by atoms with E-state index in [-0.39, 0.29) is 0 Å². The summed E-state index contributed by atoms with van der Waals surface area (Å²) in [5, 5.41) is 9.26. The predicted molar refractivity (Wildman–Crippen MR) is 53.9 cm³/mol. The van der Waals surface area contributed by atoms with Gasteiger partial charge in [-0.2, -0.15) is 0 Å². The lowest BCUT2D eigenvalue weighted by Gasteiger charge is -2.20. The molecule has 84 valence electrons. The first kappa shape index (κ1) is 9.72. The number of aromatic nitrogens is 2. The zero-order valence-electron chi connectivity index (χ0n) is 8.77. The smallest absolute Gasteiger partial charge is 0.315 e. The van der Waals surface area contributed by atoms with Crippen molar-refractivity contribution in [1.82, 2.24) is 9.97 Å². The Morgan fingerprint density at radius 2 is 2.25 bits per heavy atom. The number of nitrogens with zero attached hydrogens (tertiary/aromatic N) is 2. The molecule has 5 heteroatoms. The van der Waals surface area contributed by atoms with Crippen molar-refractivity contribution in [2.75, 3.05) is 6.61 Å². The number of fused-ring (bicyclic) bond motifs is 1. The number of carboxylic acids is 1. The monoisotopic (exact) mass is 220 g/mol. The third kappa shape index (κ3) is 1.24. The number of carbonyl (C=O) groups is 1. The summed E-state index contributed by atoms with van der Waals surface area (Å²) in [6.07, 6.45) is 3.57. The molecule has 1 fully saturated rings. The van der Waals surface area contributed by atoms with E-state index in [1.807, 2.05) is 0 Å². The Kier molecular flexibility index (Phi) is 1.97. The maximum atomic E-state index is 11.3. The molecule has 1 aromatic rings. The standard InChI is InChI=1S/C11H12N2O3/c14-10(15)11(2-3-11)9-7-5-16-4-1-8(7)12-6-13-9/h6H,1-5H2,(H,14,15). The topological polar surface area (TPSA) is 72.3 Å². The summed E-state index contributed by atoms with van der Waals surface area (Å²) in [7, 11) is 0. The molecule has 0 aromatic carbocycles. The molecule has 1 saturated carbocycles. The van der Waals surface area contributed by atoms with E-state index < -0.39 is 11.4 Å². The third-order valence-corrected chi connectivity index (χ3v) is 3.38. The van der Waals surface area contributed by atoms with Crippen LogP contribution in [0.5, 0.6) is 0 Å². The summed E-state index contributed by atoms with van der Waals surface area (Å²) < 4.78 is 5.37. The highest BCUT2D eigenvalue weighted by atomic mass is 16.5. The van der Waals surface area contributed by atoms with Crippen LogP contribution < -0.4 is 0 Å². The van der Waals surface area contributed by atoms with Crippen molar-refractivity contribution in [3.05, 3.63) is 23.3 Å². The van der Waals surface area contributed by atoms with Crippen LogP contribution in [0.1, 0.15) is 29.8 Å². The molecule has 0 amide bonds. The Labute approximate surface area is 92.5 Å². The van der Waals surface area contributed by atoms with E-state index in [1.54, 1.807) is 0 Å². The van der Waals surface area contributed by atoms with Gasteiger partial charge in [0.25, 0.3) is 0 Å². The molecule has 0 saturated heterocycles. The van der Waals surface area contributed by atoms with Crippen molar-refractivity contribution in [2.45, 2.75) is 31.3 Å². The van der Waals surface area contributed by atoms with Crippen molar-refractivity contribution in [2.24, 2.45) is 0 Å². The fourth-order valence-electron chi connectivity index (χ4n) is 2.25. The molecule has 2 aliphatic rings. The minimum absolute atomic E-state index is 0.445. The molecule has 2 heterocycles. The lowest BCUT2D eigenvalue weighted by Crippen LogP contribution is -2.26. The van der Waals surface area contributed by atoms with Crippen LogP contribution in [0.25, 0.3) is 0 Å². The first-order chi connectivity index (χ1) is 7.74. The Balaban J connectivity index is 2.11.